The maximum absolute atomic E-state index is 12.5. The van der Waals surface area contributed by atoms with Crippen LogP contribution in [0.4, 0.5) is 0 Å². The lowest BCUT2D eigenvalue weighted by atomic mass is 10.2. The molecule has 1 aliphatic rings. The van der Waals surface area contributed by atoms with Crippen molar-refractivity contribution in [2.75, 3.05) is 18.1 Å². The van der Waals surface area contributed by atoms with Crippen LogP contribution in [0.5, 0.6) is 0 Å². The second-order valence-corrected chi connectivity index (χ2v) is 8.50. The number of hydrogen-bond acceptors (Lipinski definition) is 6. The third-order valence-corrected chi connectivity index (χ3v) is 6.23. The van der Waals surface area contributed by atoms with Crippen LogP contribution in [-0.4, -0.2) is 63.5 Å². The molecule has 3 rings (SSSR count). The molecular formula is C15H18ClN5O3S. The number of carbonyl (C=O) groups excluding carboxylic acids is 1. The van der Waals surface area contributed by atoms with Crippen LogP contribution >= 0.6 is 11.6 Å². The fraction of sp³-hybridized carbons (Fsp3) is 0.467. The summed E-state index contributed by atoms with van der Waals surface area (Å²) in [5.74, 6) is 0.250. The van der Waals surface area contributed by atoms with E-state index in [1.807, 2.05) is 13.0 Å². The summed E-state index contributed by atoms with van der Waals surface area (Å²) in [5.41, 5.74) is 0.636. The highest BCUT2D eigenvalue weighted by molar-refractivity contribution is 7.91. The third kappa shape index (κ3) is 3.98. The molecule has 2 heterocycles. The van der Waals surface area contributed by atoms with Gasteiger partial charge in [-0.3, -0.25) is 4.79 Å². The van der Waals surface area contributed by atoms with E-state index < -0.39 is 9.84 Å². The number of hydrogen-bond donors (Lipinski definition) is 0. The molecule has 1 fully saturated rings. The van der Waals surface area contributed by atoms with Gasteiger partial charge in [0.05, 0.1) is 16.5 Å². The molecule has 134 valence electrons. The summed E-state index contributed by atoms with van der Waals surface area (Å²) in [7, 11) is -3.05. The van der Waals surface area contributed by atoms with Gasteiger partial charge in [0.25, 0.3) is 0 Å². The fourth-order valence-electron chi connectivity index (χ4n) is 2.93. The van der Waals surface area contributed by atoms with Gasteiger partial charge >= 0.3 is 0 Å². The molecular weight excluding hydrogens is 366 g/mol. The molecule has 8 nitrogen and oxygen atoms in total. The fourth-order valence-corrected chi connectivity index (χ4v) is 4.88. The van der Waals surface area contributed by atoms with Crippen molar-refractivity contribution in [2.24, 2.45) is 0 Å². The summed E-state index contributed by atoms with van der Waals surface area (Å²) < 4.78 is 23.3. The van der Waals surface area contributed by atoms with Gasteiger partial charge in [-0.2, -0.15) is 4.80 Å². The number of amides is 1. The van der Waals surface area contributed by atoms with Crippen molar-refractivity contribution in [1.82, 2.24) is 25.1 Å². The van der Waals surface area contributed by atoms with Crippen molar-refractivity contribution in [1.29, 1.82) is 0 Å². The number of benzene rings is 1. The van der Waals surface area contributed by atoms with Crippen LogP contribution in [0.15, 0.2) is 24.3 Å². The molecule has 0 aliphatic carbocycles. The average Bonchev–Trinajstić information content (AvgIpc) is 3.15. The van der Waals surface area contributed by atoms with Gasteiger partial charge in [0.1, 0.15) is 6.54 Å². The van der Waals surface area contributed by atoms with Gasteiger partial charge in [-0.1, -0.05) is 23.7 Å². The summed E-state index contributed by atoms with van der Waals surface area (Å²) in [6, 6.07) is 6.82. The lowest BCUT2D eigenvalue weighted by Crippen LogP contribution is -2.42. The molecule has 0 radical (unpaired) electrons. The van der Waals surface area contributed by atoms with Gasteiger partial charge in [-0.25, -0.2) is 8.42 Å². The number of aromatic nitrogens is 4. The Labute approximate surface area is 150 Å². The molecule has 1 saturated heterocycles. The maximum atomic E-state index is 12.5. The van der Waals surface area contributed by atoms with Crippen LogP contribution in [0, 0.1) is 0 Å². The molecule has 0 unspecified atom stereocenters. The molecule has 1 aromatic carbocycles. The first-order valence-corrected chi connectivity index (χ1v) is 10.1. The molecule has 25 heavy (non-hydrogen) atoms. The number of carbonyl (C=O) groups is 1. The smallest absolute Gasteiger partial charge is 0.246 e. The zero-order valence-electron chi connectivity index (χ0n) is 13.7. The predicted molar refractivity (Wildman–Crippen MR) is 92.7 cm³/mol. The maximum Gasteiger partial charge on any atom is 0.246 e. The van der Waals surface area contributed by atoms with Crippen molar-refractivity contribution in [2.45, 2.75) is 25.9 Å². The van der Waals surface area contributed by atoms with Crippen molar-refractivity contribution in [3.63, 3.8) is 0 Å². The molecule has 1 atom stereocenters. The molecule has 0 spiro atoms. The summed E-state index contributed by atoms with van der Waals surface area (Å²) in [4.78, 5) is 15.3. The molecule has 1 aliphatic heterocycles. The number of sulfone groups is 1. The van der Waals surface area contributed by atoms with E-state index in [0.717, 1.165) is 0 Å². The molecule has 0 saturated carbocycles. The quantitative estimate of drug-likeness (QED) is 0.764. The van der Waals surface area contributed by atoms with Crippen molar-refractivity contribution in [3.05, 3.63) is 29.3 Å². The third-order valence-electron chi connectivity index (χ3n) is 4.15. The molecule has 0 N–H and O–H groups in total. The SMILES string of the molecule is CCN(C(=O)Cn1nnc(-c2ccccc2Cl)n1)[C@@H]1CCS(=O)(=O)C1. The Kier molecular flexibility index (Phi) is 5.05. The monoisotopic (exact) mass is 383 g/mol. The Morgan fingerprint density at radius 3 is 2.80 bits per heavy atom. The Hall–Kier alpha value is -2.00. The first-order valence-electron chi connectivity index (χ1n) is 7.92. The topological polar surface area (TPSA) is 98.1 Å². The molecule has 1 aromatic heterocycles. The number of halogens is 1. The van der Waals surface area contributed by atoms with Crippen LogP contribution in [0.25, 0.3) is 11.4 Å². The second kappa shape index (κ2) is 7.09. The molecule has 1 amide bonds. The first kappa shape index (κ1) is 17.8. The Balaban J connectivity index is 1.72. The zero-order chi connectivity index (χ0) is 18.0. The highest BCUT2D eigenvalue weighted by Crippen LogP contribution is 2.23. The minimum Gasteiger partial charge on any atom is -0.337 e. The van der Waals surface area contributed by atoms with Crippen LogP contribution in [0.3, 0.4) is 0 Å². The van der Waals surface area contributed by atoms with E-state index in [-0.39, 0.29) is 30.0 Å². The first-order chi connectivity index (χ1) is 11.9. The van der Waals surface area contributed by atoms with Gasteiger partial charge < -0.3 is 4.90 Å². The van der Waals surface area contributed by atoms with Crippen LogP contribution in [-0.2, 0) is 21.2 Å². The number of likely N-dealkylation sites (N-methyl/N-ethyl adjacent to an activating group) is 1. The van der Waals surface area contributed by atoms with E-state index in [0.29, 0.717) is 29.4 Å². The standard InChI is InChI=1S/C15H18ClN5O3S/c1-2-20(11-7-8-25(23,24)10-11)14(22)9-21-18-15(17-19-21)12-5-3-4-6-13(12)16/h3-6,11H,2,7-10H2,1H3/t11-/m1/s1. The van der Waals surface area contributed by atoms with Gasteiger partial charge in [0.2, 0.25) is 11.7 Å². The summed E-state index contributed by atoms with van der Waals surface area (Å²) in [6.45, 7) is 2.17. The normalized spacial score (nSPS) is 19.0. The number of rotatable bonds is 5. The van der Waals surface area contributed by atoms with Crippen LogP contribution < -0.4 is 0 Å². The van der Waals surface area contributed by atoms with E-state index in [1.165, 1.54) is 4.80 Å². The van der Waals surface area contributed by atoms with Gasteiger partial charge in [0, 0.05) is 18.2 Å². The second-order valence-electron chi connectivity index (χ2n) is 5.86. The lowest BCUT2D eigenvalue weighted by molar-refractivity contribution is -0.133. The summed E-state index contributed by atoms with van der Waals surface area (Å²) in [6.07, 6.45) is 0.470. The molecule has 2 aromatic rings. The Morgan fingerprint density at radius 2 is 2.16 bits per heavy atom. The zero-order valence-corrected chi connectivity index (χ0v) is 15.2. The predicted octanol–water partition coefficient (Wildman–Crippen LogP) is 1.03. The minimum absolute atomic E-state index is 0.0161. The van der Waals surface area contributed by atoms with E-state index in [1.54, 1.807) is 23.1 Å². The Morgan fingerprint density at radius 1 is 1.40 bits per heavy atom. The largest absolute Gasteiger partial charge is 0.337 e. The lowest BCUT2D eigenvalue weighted by Gasteiger charge is -2.26. The van der Waals surface area contributed by atoms with E-state index in [9.17, 15) is 13.2 Å². The average molecular weight is 384 g/mol. The van der Waals surface area contributed by atoms with E-state index >= 15 is 0 Å². The summed E-state index contributed by atoms with van der Waals surface area (Å²) >= 11 is 6.11. The van der Waals surface area contributed by atoms with Gasteiger partial charge in [-0.05, 0) is 30.7 Å². The minimum atomic E-state index is -3.05. The number of tetrazole rings is 1. The highest BCUT2D eigenvalue weighted by atomic mass is 35.5. The Bertz CT molecular complexity index is 883. The van der Waals surface area contributed by atoms with Crippen molar-refractivity contribution < 1.29 is 13.2 Å². The van der Waals surface area contributed by atoms with E-state index in [2.05, 4.69) is 15.4 Å². The highest BCUT2D eigenvalue weighted by Gasteiger charge is 2.34. The van der Waals surface area contributed by atoms with Gasteiger partial charge in [-0.15, -0.1) is 10.2 Å². The summed E-state index contributed by atoms with van der Waals surface area (Å²) in [5, 5.41) is 12.5. The molecule has 0 bridgehead atoms. The van der Waals surface area contributed by atoms with Crippen molar-refractivity contribution in [3.8, 4) is 11.4 Å². The van der Waals surface area contributed by atoms with E-state index in [4.69, 9.17) is 11.6 Å². The van der Waals surface area contributed by atoms with Gasteiger partial charge in [0.15, 0.2) is 9.84 Å². The number of nitrogens with zero attached hydrogens (tertiary/aromatic N) is 5. The molecule has 10 heteroatoms. The van der Waals surface area contributed by atoms with Crippen LogP contribution in [0.1, 0.15) is 13.3 Å². The van der Waals surface area contributed by atoms with Crippen LogP contribution in [0.2, 0.25) is 5.02 Å². The van der Waals surface area contributed by atoms with Crippen molar-refractivity contribution >= 4 is 27.3 Å².